The highest BCUT2D eigenvalue weighted by atomic mass is 16.6. The van der Waals surface area contributed by atoms with Gasteiger partial charge in [0.05, 0.1) is 7.11 Å². The van der Waals surface area contributed by atoms with Crippen LogP contribution in [0.3, 0.4) is 0 Å². The van der Waals surface area contributed by atoms with Crippen LogP contribution in [0.1, 0.15) is 28.8 Å². The summed E-state index contributed by atoms with van der Waals surface area (Å²) in [5.41, 5.74) is 7.02. The number of nitrogens with two attached hydrogens (primary N) is 1. The largest absolute Gasteiger partial charge is 0.467 e. The summed E-state index contributed by atoms with van der Waals surface area (Å²) in [6.07, 6.45) is -0.0469. The molecule has 0 bridgehead atoms. The maximum atomic E-state index is 12.0. The molecule has 0 fully saturated rings. The summed E-state index contributed by atoms with van der Waals surface area (Å²) >= 11 is 0. The van der Waals surface area contributed by atoms with Gasteiger partial charge in [-0.15, -0.1) is 0 Å². The molecule has 9 nitrogen and oxygen atoms in total. The van der Waals surface area contributed by atoms with Gasteiger partial charge in [0.15, 0.2) is 5.96 Å². The molecule has 2 amide bonds. The van der Waals surface area contributed by atoms with E-state index in [2.05, 4.69) is 15.6 Å². The van der Waals surface area contributed by atoms with Crippen LogP contribution in [0.15, 0.2) is 65.7 Å². The van der Waals surface area contributed by atoms with Crippen molar-refractivity contribution in [2.45, 2.75) is 25.5 Å². The van der Waals surface area contributed by atoms with Gasteiger partial charge >= 0.3 is 12.1 Å². The van der Waals surface area contributed by atoms with E-state index in [-0.39, 0.29) is 31.4 Å². The van der Waals surface area contributed by atoms with Crippen LogP contribution in [-0.2, 0) is 20.9 Å². The van der Waals surface area contributed by atoms with Crippen LogP contribution in [0, 0.1) is 0 Å². The fourth-order valence-electron chi connectivity index (χ4n) is 2.61. The van der Waals surface area contributed by atoms with Crippen LogP contribution in [0.25, 0.3) is 0 Å². The van der Waals surface area contributed by atoms with Gasteiger partial charge < -0.3 is 20.5 Å². The Morgan fingerprint density at radius 3 is 2.32 bits per heavy atom. The fourth-order valence-corrected chi connectivity index (χ4v) is 2.61. The standard InChI is InChI=1S/C22H26N4O5/c1-30-20(28)18(25-22(29)31-15-16-9-4-2-5-10-16)13-8-14-24-21(23)26-19(27)17-11-6-3-7-12-17/h2-7,9-12,18H,8,13-15H2,1H3,(H,25,29)(H3,23,24,26,27)/t18-/m0/s1. The first-order valence-corrected chi connectivity index (χ1v) is 9.71. The predicted octanol–water partition coefficient (Wildman–Crippen LogP) is 1.98. The Hall–Kier alpha value is -3.88. The maximum Gasteiger partial charge on any atom is 0.408 e. The monoisotopic (exact) mass is 426 g/mol. The number of nitrogens with zero attached hydrogens (tertiary/aromatic N) is 1. The molecule has 2 aromatic rings. The van der Waals surface area contributed by atoms with Gasteiger partial charge in [0.2, 0.25) is 0 Å². The number of carbonyl (C=O) groups is 3. The number of carbonyl (C=O) groups excluding carboxylic acids is 3. The molecule has 0 heterocycles. The number of nitrogens with one attached hydrogen (secondary N) is 2. The summed E-state index contributed by atoms with van der Waals surface area (Å²) in [5, 5.41) is 4.98. The molecule has 0 aliphatic carbocycles. The van der Waals surface area contributed by atoms with E-state index in [0.717, 1.165) is 5.56 Å². The minimum atomic E-state index is -0.886. The number of ether oxygens (including phenoxy) is 2. The van der Waals surface area contributed by atoms with Crippen LogP contribution >= 0.6 is 0 Å². The zero-order valence-electron chi connectivity index (χ0n) is 17.2. The molecular weight excluding hydrogens is 400 g/mol. The average molecular weight is 426 g/mol. The van der Waals surface area contributed by atoms with E-state index in [1.807, 2.05) is 30.3 Å². The van der Waals surface area contributed by atoms with Crippen molar-refractivity contribution in [2.75, 3.05) is 13.7 Å². The lowest BCUT2D eigenvalue weighted by Crippen LogP contribution is -2.42. The molecule has 31 heavy (non-hydrogen) atoms. The summed E-state index contributed by atoms with van der Waals surface area (Å²) in [6, 6.07) is 16.9. The Morgan fingerprint density at radius 2 is 1.68 bits per heavy atom. The number of hydrogen-bond donors (Lipinski definition) is 3. The lowest BCUT2D eigenvalue weighted by molar-refractivity contribution is -0.143. The number of alkyl carbamates (subject to hydrolysis) is 1. The second-order valence-corrected chi connectivity index (χ2v) is 6.51. The van der Waals surface area contributed by atoms with E-state index in [1.165, 1.54) is 7.11 Å². The first-order valence-electron chi connectivity index (χ1n) is 9.71. The van der Waals surface area contributed by atoms with Crippen molar-refractivity contribution in [1.29, 1.82) is 0 Å². The summed E-state index contributed by atoms with van der Waals surface area (Å²) in [6.45, 7) is 0.331. The minimum Gasteiger partial charge on any atom is -0.467 e. The lowest BCUT2D eigenvalue weighted by Gasteiger charge is -2.16. The van der Waals surface area contributed by atoms with E-state index >= 15 is 0 Å². The molecule has 0 radical (unpaired) electrons. The van der Waals surface area contributed by atoms with Crippen LogP contribution in [0.2, 0.25) is 0 Å². The fraction of sp³-hybridized carbons (Fsp3) is 0.273. The van der Waals surface area contributed by atoms with Gasteiger partial charge in [-0.1, -0.05) is 48.5 Å². The molecule has 1 atom stereocenters. The molecular formula is C22H26N4O5. The van der Waals surface area contributed by atoms with Crippen molar-refractivity contribution in [3.8, 4) is 0 Å². The molecule has 4 N–H and O–H groups in total. The van der Waals surface area contributed by atoms with Crippen LogP contribution in [0.5, 0.6) is 0 Å². The number of rotatable bonds is 9. The van der Waals surface area contributed by atoms with Crippen LogP contribution < -0.4 is 16.4 Å². The Labute approximate surface area is 180 Å². The summed E-state index contributed by atoms with van der Waals surface area (Å²) in [7, 11) is 1.24. The third kappa shape index (κ3) is 8.57. The van der Waals surface area contributed by atoms with E-state index < -0.39 is 18.1 Å². The van der Waals surface area contributed by atoms with Crippen LogP contribution in [-0.4, -0.2) is 43.6 Å². The predicted molar refractivity (Wildman–Crippen MR) is 115 cm³/mol. The zero-order chi connectivity index (χ0) is 22.5. The molecule has 2 aromatic carbocycles. The molecule has 0 aromatic heterocycles. The van der Waals surface area contributed by atoms with E-state index in [0.29, 0.717) is 12.0 Å². The third-order valence-electron chi connectivity index (χ3n) is 4.20. The van der Waals surface area contributed by atoms with E-state index in [1.54, 1.807) is 30.3 Å². The molecule has 0 unspecified atom stereocenters. The smallest absolute Gasteiger partial charge is 0.408 e. The van der Waals surface area contributed by atoms with Gasteiger partial charge in [-0.3, -0.25) is 15.1 Å². The molecule has 0 saturated carbocycles. The first kappa shape index (κ1) is 23.4. The molecule has 0 aliphatic rings. The molecule has 2 rings (SSSR count). The zero-order valence-corrected chi connectivity index (χ0v) is 17.2. The van der Waals surface area contributed by atoms with E-state index in [4.69, 9.17) is 15.2 Å². The topological polar surface area (TPSA) is 132 Å². The Kier molecular flexibility index (Phi) is 9.54. The van der Waals surface area contributed by atoms with Crippen molar-refractivity contribution in [3.05, 3.63) is 71.8 Å². The van der Waals surface area contributed by atoms with Crippen molar-refractivity contribution in [3.63, 3.8) is 0 Å². The summed E-state index contributed by atoms with van der Waals surface area (Å²) in [4.78, 5) is 40.0. The minimum absolute atomic E-state index is 0.0290. The highest BCUT2D eigenvalue weighted by molar-refractivity contribution is 6.05. The number of esters is 1. The third-order valence-corrected chi connectivity index (χ3v) is 4.20. The number of amides is 2. The van der Waals surface area contributed by atoms with Crippen molar-refractivity contribution >= 4 is 23.9 Å². The number of guanidine groups is 1. The number of benzene rings is 2. The Morgan fingerprint density at radius 1 is 1.03 bits per heavy atom. The SMILES string of the molecule is COC(=O)[C@H](CCCN=C(N)NC(=O)c1ccccc1)NC(=O)OCc1ccccc1. The first-order chi connectivity index (χ1) is 15.0. The number of methoxy groups -OCH3 is 1. The van der Waals surface area contributed by atoms with Gasteiger partial charge in [-0.25, -0.2) is 9.59 Å². The number of aliphatic imine (C=N–C) groups is 1. The second kappa shape index (κ2) is 12.6. The molecule has 0 spiro atoms. The average Bonchev–Trinajstić information content (AvgIpc) is 2.80. The summed E-state index contributed by atoms with van der Waals surface area (Å²) < 4.78 is 9.86. The van der Waals surface area contributed by atoms with Gasteiger partial charge in [0.25, 0.3) is 5.91 Å². The lowest BCUT2D eigenvalue weighted by atomic mass is 10.1. The molecule has 164 valence electrons. The number of hydrogen-bond acceptors (Lipinski definition) is 6. The Balaban J connectivity index is 1.77. The normalized spacial score (nSPS) is 11.8. The van der Waals surface area contributed by atoms with Crippen molar-refractivity contribution in [2.24, 2.45) is 10.7 Å². The molecule has 0 saturated heterocycles. The van der Waals surface area contributed by atoms with Crippen molar-refractivity contribution < 1.29 is 23.9 Å². The maximum absolute atomic E-state index is 12.0. The van der Waals surface area contributed by atoms with Gasteiger partial charge in [0, 0.05) is 12.1 Å². The Bertz CT molecular complexity index is 887. The quantitative estimate of drug-likeness (QED) is 0.243. The van der Waals surface area contributed by atoms with Crippen molar-refractivity contribution in [1.82, 2.24) is 10.6 Å². The second-order valence-electron chi connectivity index (χ2n) is 6.51. The summed E-state index contributed by atoms with van der Waals surface area (Å²) in [5.74, 6) is -0.984. The van der Waals surface area contributed by atoms with Gasteiger partial charge in [0.1, 0.15) is 12.6 Å². The van der Waals surface area contributed by atoms with Gasteiger partial charge in [-0.2, -0.15) is 0 Å². The highest BCUT2D eigenvalue weighted by Gasteiger charge is 2.21. The van der Waals surface area contributed by atoms with E-state index in [9.17, 15) is 14.4 Å². The molecule has 9 heteroatoms. The highest BCUT2D eigenvalue weighted by Crippen LogP contribution is 2.04. The van der Waals surface area contributed by atoms with Crippen LogP contribution in [0.4, 0.5) is 4.79 Å². The molecule has 0 aliphatic heterocycles. The van der Waals surface area contributed by atoms with Gasteiger partial charge in [-0.05, 0) is 30.5 Å².